The van der Waals surface area contributed by atoms with Gasteiger partial charge in [0.25, 0.3) is 9.82 Å². The molecule has 88 valence electrons. The maximum atomic E-state index is 11.4. The van der Waals surface area contributed by atoms with Crippen molar-refractivity contribution in [1.29, 1.82) is 0 Å². The van der Waals surface area contributed by atoms with Gasteiger partial charge >= 0.3 is 0 Å². The van der Waals surface area contributed by atoms with E-state index in [1.807, 2.05) is 0 Å². The molecular weight excluding hydrogens is 353 g/mol. The Morgan fingerprint density at radius 3 is 2.82 bits per heavy atom. The van der Waals surface area contributed by atoms with Crippen molar-refractivity contribution >= 4 is 59.1 Å². The Balaban J connectivity index is 2.40. The van der Waals surface area contributed by atoms with Crippen molar-refractivity contribution in [3.05, 3.63) is 23.8 Å². The van der Waals surface area contributed by atoms with E-state index in [-0.39, 0.29) is 9.82 Å². The van der Waals surface area contributed by atoms with Gasteiger partial charge in [-0.3, -0.25) is 14.9 Å². The first-order valence-electron chi connectivity index (χ1n) is 4.69. The number of benzene rings is 1. The van der Waals surface area contributed by atoms with Crippen LogP contribution in [0.25, 0.3) is 10.2 Å². The summed E-state index contributed by atoms with van der Waals surface area (Å²) >= 11 is 2.99. The zero-order valence-electron chi connectivity index (χ0n) is 8.78. The van der Waals surface area contributed by atoms with Gasteiger partial charge in [-0.25, -0.2) is 4.98 Å². The van der Waals surface area contributed by atoms with Crippen LogP contribution in [0, 0.1) is 0 Å². The number of carbonyl (C=O) groups is 2. The molecule has 0 fully saturated rings. The van der Waals surface area contributed by atoms with Crippen LogP contribution in [0.2, 0.25) is 0 Å². The molecule has 2 N–H and O–H groups in total. The van der Waals surface area contributed by atoms with Gasteiger partial charge in [0.05, 0.1) is 10.2 Å². The number of hydrogen-bond donors (Lipinski definition) is 2. The van der Waals surface area contributed by atoms with Gasteiger partial charge in [0.2, 0.25) is 0 Å². The molecule has 2 amide bonds. The Morgan fingerprint density at radius 2 is 2.18 bits per heavy atom. The van der Waals surface area contributed by atoms with Crippen LogP contribution in [0.5, 0.6) is 0 Å². The summed E-state index contributed by atoms with van der Waals surface area (Å²) in [7, 11) is 1.58. The molecule has 1 aromatic carbocycles. The molecule has 1 aromatic heterocycles. The molecule has 0 saturated heterocycles. The van der Waals surface area contributed by atoms with Crippen LogP contribution >= 0.6 is 33.9 Å². The fourth-order valence-corrected chi connectivity index (χ4v) is 2.69. The summed E-state index contributed by atoms with van der Waals surface area (Å²) in [6.45, 7) is 0. The Labute approximate surface area is 115 Å². The second kappa shape index (κ2) is 4.96. The summed E-state index contributed by atoms with van der Waals surface area (Å²) in [6, 6.07) is 5.23. The van der Waals surface area contributed by atoms with Crippen molar-refractivity contribution in [3.8, 4) is 0 Å². The number of amides is 2. The van der Waals surface area contributed by atoms with Crippen LogP contribution in [0.3, 0.4) is 0 Å². The maximum Gasteiger partial charge on any atom is 0.286 e. The lowest BCUT2D eigenvalue weighted by Crippen LogP contribution is -2.17. The standard InChI is InChI=1S/C10H8IN3O2S/c1-12-8(15)5-2-3-6-7(4-5)17-10(13-6)14-9(11)16/h2-4H,1H3,(H,12,15)(H,13,14,16). The van der Waals surface area contributed by atoms with Gasteiger partial charge in [-0.15, -0.1) is 0 Å². The number of hydrogen-bond acceptors (Lipinski definition) is 4. The van der Waals surface area contributed by atoms with Crippen LogP contribution in [-0.2, 0) is 0 Å². The lowest BCUT2D eigenvalue weighted by molar-refractivity contribution is 0.0963. The predicted molar refractivity (Wildman–Crippen MR) is 76.0 cm³/mol. The maximum absolute atomic E-state index is 11.4. The molecule has 0 aliphatic heterocycles. The highest BCUT2D eigenvalue weighted by Gasteiger charge is 2.09. The molecular formula is C10H8IN3O2S. The average Bonchev–Trinajstić information content (AvgIpc) is 2.67. The van der Waals surface area contributed by atoms with Crippen molar-refractivity contribution in [2.75, 3.05) is 12.4 Å². The van der Waals surface area contributed by atoms with Gasteiger partial charge in [-0.2, -0.15) is 0 Å². The molecule has 1 heterocycles. The molecule has 2 aromatic rings. The molecule has 0 aliphatic carbocycles. The number of nitrogens with zero attached hydrogens (tertiary/aromatic N) is 1. The molecule has 2 rings (SSSR count). The molecule has 0 bridgehead atoms. The Hall–Kier alpha value is -1.22. The van der Waals surface area contributed by atoms with Gasteiger partial charge < -0.3 is 5.32 Å². The van der Waals surface area contributed by atoms with Crippen LogP contribution in [-0.4, -0.2) is 21.9 Å². The Kier molecular flexibility index (Phi) is 3.57. The largest absolute Gasteiger partial charge is 0.355 e. The van der Waals surface area contributed by atoms with Gasteiger partial charge in [-0.05, 0) is 18.2 Å². The summed E-state index contributed by atoms with van der Waals surface area (Å²) in [4.78, 5) is 26.6. The number of thiazole rings is 1. The second-order valence-corrected chi connectivity index (χ2v) is 5.19. The predicted octanol–water partition coefficient (Wildman–Crippen LogP) is 2.62. The third-order valence-electron chi connectivity index (χ3n) is 2.08. The smallest absolute Gasteiger partial charge is 0.286 e. The van der Waals surface area contributed by atoms with Crippen LogP contribution in [0.1, 0.15) is 10.4 Å². The minimum atomic E-state index is -0.187. The number of carbonyl (C=O) groups excluding carboxylic acids is 2. The van der Waals surface area contributed by atoms with Gasteiger partial charge in [0.1, 0.15) is 0 Å². The first kappa shape index (κ1) is 12.2. The van der Waals surface area contributed by atoms with Crippen molar-refractivity contribution in [3.63, 3.8) is 0 Å². The quantitative estimate of drug-likeness (QED) is 0.491. The van der Waals surface area contributed by atoms with Crippen LogP contribution < -0.4 is 10.6 Å². The fourth-order valence-electron chi connectivity index (χ4n) is 1.35. The first-order chi connectivity index (χ1) is 8.10. The van der Waals surface area contributed by atoms with E-state index in [9.17, 15) is 9.59 Å². The third kappa shape index (κ3) is 2.72. The average molecular weight is 361 g/mol. The molecule has 7 heteroatoms. The zero-order chi connectivity index (χ0) is 12.4. The summed E-state index contributed by atoms with van der Waals surface area (Å²) < 4.78 is 0.680. The van der Waals surface area contributed by atoms with Gasteiger partial charge in [0, 0.05) is 35.2 Å². The number of aromatic nitrogens is 1. The normalized spacial score (nSPS) is 10.2. The van der Waals surface area contributed by atoms with Crippen molar-refractivity contribution < 1.29 is 9.59 Å². The van der Waals surface area contributed by atoms with E-state index in [1.165, 1.54) is 11.3 Å². The molecule has 0 unspecified atom stereocenters. The molecule has 0 aliphatic rings. The fraction of sp³-hybridized carbons (Fsp3) is 0.100. The number of halogens is 1. The first-order valence-corrected chi connectivity index (χ1v) is 6.59. The van der Waals surface area contributed by atoms with E-state index >= 15 is 0 Å². The number of anilines is 1. The highest BCUT2D eigenvalue weighted by molar-refractivity contribution is 14.1. The lowest BCUT2D eigenvalue weighted by Gasteiger charge is -1.97. The van der Waals surface area contributed by atoms with E-state index in [0.717, 1.165) is 10.2 Å². The SMILES string of the molecule is CNC(=O)c1ccc2nc(NC(=O)I)sc2c1. The third-order valence-corrected chi connectivity index (χ3v) is 3.29. The molecule has 5 nitrogen and oxygen atoms in total. The monoisotopic (exact) mass is 361 g/mol. The van der Waals surface area contributed by atoms with Gasteiger partial charge in [-0.1, -0.05) is 11.3 Å². The van der Waals surface area contributed by atoms with E-state index in [1.54, 1.807) is 47.8 Å². The summed E-state index contributed by atoms with van der Waals surface area (Å²) in [5.74, 6) is -0.139. The van der Waals surface area contributed by atoms with Gasteiger partial charge in [0.15, 0.2) is 5.13 Å². The highest BCUT2D eigenvalue weighted by Crippen LogP contribution is 2.27. The molecule has 0 saturated carbocycles. The molecule has 0 atom stereocenters. The van der Waals surface area contributed by atoms with Crippen LogP contribution in [0.15, 0.2) is 18.2 Å². The van der Waals surface area contributed by atoms with E-state index in [0.29, 0.717) is 10.7 Å². The topological polar surface area (TPSA) is 71.1 Å². The van der Waals surface area contributed by atoms with Crippen molar-refractivity contribution in [2.45, 2.75) is 0 Å². The summed E-state index contributed by atoms with van der Waals surface area (Å²) in [6.07, 6.45) is 0. The Bertz CT molecular complexity index is 596. The summed E-state index contributed by atoms with van der Waals surface area (Å²) in [5, 5.41) is 5.71. The number of nitrogens with one attached hydrogen (secondary N) is 2. The highest BCUT2D eigenvalue weighted by atomic mass is 127. The zero-order valence-corrected chi connectivity index (χ0v) is 11.8. The van der Waals surface area contributed by atoms with Crippen molar-refractivity contribution in [2.24, 2.45) is 0 Å². The van der Waals surface area contributed by atoms with E-state index in [2.05, 4.69) is 15.6 Å². The number of rotatable bonds is 2. The van der Waals surface area contributed by atoms with E-state index < -0.39 is 0 Å². The Morgan fingerprint density at radius 1 is 1.41 bits per heavy atom. The lowest BCUT2D eigenvalue weighted by atomic mass is 10.2. The van der Waals surface area contributed by atoms with E-state index in [4.69, 9.17) is 0 Å². The minimum Gasteiger partial charge on any atom is -0.355 e. The van der Waals surface area contributed by atoms with Crippen molar-refractivity contribution in [1.82, 2.24) is 10.3 Å². The second-order valence-electron chi connectivity index (χ2n) is 3.18. The molecule has 0 spiro atoms. The van der Waals surface area contributed by atoms with Crippen LogP contribution in [0.4, 0.5) is 9.93 Å². The molecule has 0 radical (unpaired) electrons. The summed E-state index contributed by atoms with van der Waals surface area (Å²) in [5.41, 5.74) is 1.35. The number of fused-ring (bicyclic) bond motifs is 1. The minimum absolute atomic E-state index is 0.139. The molecule has 17 heavy (non-hydrogen) atoms.